The van der Waals surface area contributed by atoms with Crippen LogP contribution in [0.5, 0.6) is 0 Å². The Hall–Kier alpha value is 0.259. The fourth-order valence-electron chi connectivity index (χ4n) is 1.55. The van der Waals surface area contributed by atoms with Crippen LogP contribution in [0.3, 0.4) is 0 Å². The third-order valence-electron chi connectivity index (χ3n) is 2.52. The van der Waals surface area contributed by atoms with E-state index >= 15 is 0 Å². The van der Waals surface area contributed by atoms with Gasteiger partial charge in [-0.05, 0) is 0 Å². The van der Waals surface area contributed by atoms with E-state index in [1.807, 2.05) is 0 Å². The molecule has 0 rings (SSSR count). The third kappa shape index (κ3) is 10.3. The van der Waals surface area contributed by atoms with Crippen LogP contribution in [-0.4, -0.2) is 16.0 Å². The van der Waals surface area contributed by atoms with Gasteiger partial charge in [-0.3, -0.25) is 0 Å². The van der Waals surface area contributed by atoms with Gasteiger partial charge in [-0.1, -0.05) is 0 Å². The molecule has 83 valence electrons. The minimum absolute atomic E-state index is 0.750. The topological polar surface area (TPSA) is 0 Å². The van der Waals surface area contributed by atoms with Gasteiger partial charge in [0.2, 0.25) is 0 Å². The van der Waals surface area contributed by atoms with Crippen molar-refractivity contribution in [3.8, 4) is 0 Å². The molecule has 0 bridgehead atoms. The van der Waals surface area contributed by atoms with E-state index in [9.17, 15) is 0 Å². The maximum absolute atomic E-state index is 3.16. The van der Waals surface area contributed by atoms with Gasteiger partial charge in [0.15, 0.2) is 0 Å². The van der Waals surface area contributed by atoms with Crippen molar-refractivity contribution in [3.05, 3.63) is 11.6 Å². The molecule has 0 aromatic rings. The summed E-state index contributed by atoms with van der Waals surface area (Å²) in [4.78, 5) is 0.750. The summed E-state index contributed by atoms with van der Waals surface area (Å²) in [7, 11) is 0. The van der Waals surface area contributed by atoms with E-state index in [-0.39, 0.29) is 0 Å². The molecule has 0 aliphatic carbocycles. The van der Waals surface area contributed by atoms with Crippen molar-refractivity contribution in [2.45, 2.75) is 64.6 Å². The first-order valence-electron chi connectivity index (χ1n) is 5.81. The molecule has 1 radical (unpaired) electrons. The van der Waals surface area contributed by atoms with Gasteiger partial charge in [0.1, 0.15) is 0 Å². The number of rotatable bonds is 7. The molecule has 0 spiro atoms. The molecule has 0 aromatic carbocycles. The molecular weight excluding hydrogens is 235 g/mol. The zero-order valence-corrected chi connectivity index (χ0v) is 11.9. The van der Waals surface area contributed by atoms with Crippen LogP contribution in [0, 0.1) is 5.92 Å². The standard InChI is InChI=1S/C13H25Se/c1-11(2)7-5-8-12(3)9-6-10-13(4)14/h7,12-13H,5-6,8-10H2,1-4H3/t12-,13+/m0/s1. The second-order valence-electron chi connectivity index (χ2n) is 4.71. The summed E-state index contributed by atoms with van der Waals surface area (Å²) in [5.41, 5.74) is 1.45. The van der Waals surface area contributed by atoms with Crippen LogP contribution in [-0.2, 0) is 0 Å². The van der Waals surface area contributed by atoms with Gasteiger partial charge in [-0.15, -0.1) is 0 Å². The van der Waals surface area contributed by atoms with E-state index in [0.717, 1.165) is 10.7 Å². The molecule has 0 saturated heterocycles. The molecule has 14 heavy (non-hydrogen) atoms. The van der Waals surface area contributed by atoms with Crippen molar-refractivity contribution in [3.63, 3.8) is 0 Å². The summed E-state index contributed by atoms with van der Waals surface area (Å²) >= 11 is 3.16. The van der Waals surface area contributed by atoms with Gasteiger partial charge < -0.3 is 0 Å². The van der Waals surface area contributed by atoms with Crippen molar-refractivity contribution < 1.29 is 0 Å². The van der Waals surface area contributed by atoms with Crippen molar-refractivity contribution in [1.82, 2.24) is 0 Å². The number of allylic oxidation sites excluding steroid dienone is 2. The van der Waals surface area contributed by atoms with Crippen LogP contribution in [0.1, 0.15) is 59.8 Å². The summed E-state index contributed by atoms with van der Waals surface area (Å²) in [6, 6.07) is 0. The Morgan fingerprint density at radius 3 is 2.29 bits per heavy atom. The molecule has 0 unspecified atom stereocenters. The molecule has 0 amide bonds. The van der Waals surface area contributed by atoms with Gasteiger partial charge >= 0.3 is 98.2 Å². The fraction of sp³-hybridized carbons (Fsp3) is 0.846. The summed E-state index contributed by atoms with van der Waals surface area (Å²) in [6.07, 6.45) is 9.08. The molecule has 1 heteroatoms. The SMILES string of the molecule is CC(C)=CCC[C@H](C)CCC[C@@H](C)[Se]. The molecule has 2 atom stereocenters. The molecule has 0 aromatic heterocycles. The van der Waals surface area contributed by atoms with Gasteiger partial charge in [-0.2, -0.15) is 0 Å². The summed E-state index contributed by atoms with van der Waals surface area (Å²) in [5.74, 6) is 0.893. The Morgan fingerprint density at radius 1 is 1.14 bits per heavy atom. The van der Waals surface area contributed by atoms with E-state index in [1.165, 1.54) is 37.7 Å². The Morgan fingerprint density at radius 2 is 1.79 bits per heavy atom. The molecule has 0 fully saturated rings. The average molecular weight is 260 g/mol. The molecule has 0 aliphatic rings. The van der Waals surface area contributed by atoms with E-state index in [2.05, 4.69) is 49.8 Å². The third-order valence-corrected chi connectivity index (χ3v) is 3.01. The van der Waals surface area contributed by atoms with Crippen molar-refractivity contribution in [2.75, 3.05) is 0 Å². The zero-order valence-electron chi connectivity index (χ0n) is 10.2. The zero-order chi connectivity index (χ0) is 11.0. The summed E-state index contributed by atoms with van der Waals surface area (Å²) < 4.78 is 0. The molecule has 0 N–H and O–H groups in total. The van der Waals surface area contributed by atoms with Crippen molar-refractivity contribution >= 4 is 16.0 Å². The van der Waals surface area contributed by atoms with E-state index < -0.39 is 0 Å². The fourth-order valence-corrected chi connectivity index (χ4v) is 1.90. The quantitative estimate of drug-likeness (QED) is 0.466. The predicted molar refractivity (Wildman–Crippen MR) is 66.9 cm³/mol. The van der Waals surface area contributed by atoms with E-state index in [1.54, 1.807) is 0 Å². The first-order chi connectivity index (χ1) is 6.52. The minimum atomic E-state index is 0.750. The van der Waals surface area contributed by atoms with Crippen LogP contribution in [0.2, 0.25) is 4.82 Å². The monoisotopic (exact) mass is 261 g/mol. The Labute approximate surface area is 98.4 Å². The van der Waals surface area contributed by atoms with Gasteiger partial charge in [-0.25, -0.2) is 0 Å². The maximum atomic E-state index is 3.16. The number of hydrogen-bond donors (Lipinski definition) is 0. The molecule has 0 saturated carbocycles. The van der Waals surface area contributed by atoms with Crippen LogP contribution in [0.4, 0.5) is 0 Å². The van der Waals surface area contributed by atoms with Gasteiger partial charge in [0, 0.05) is 0 Å². The van der Waals surface area contributed by atoms with Crippen LogP contribution in [0.25, 0.3) is 0 Å². The number of hydrogen-bond acceptors (Lipinski definition) is 0. The molecular formula is C13H25Se. The predicted octanol–water partition coefficient (Wildman–Crippen LogP) is 4.52. The molecule has 0 nitrogen and oxygen atoms in total. The first kappa shape index (κ1) is 14.3. The second-order valence-corrected chi connectivity index (χ2v) is 6.39. The Kier molecular flexibility index (Phi) is 8.72. The Bertz CT molecular complexity index is 155. The van der Waals surface area contributed by atoms with Crippen LogP contribution >= 0.6 is 0 Å². The van der Waals surface area contributed by atoms with Crippen LogP contribution in [0.15, 0.2) is 11.6 Å². The molecule has 0 aliphatic heterocycles. The van der Waals surface area contributed by atoms with E-state index in [0.29, 0.717) is 0 Å². The van der Waals surface area contributed by atoms with E-state index in [4.69, 9.17) is 0 Å². The van der Waals surface area contributed by atoms with Crippen LogP contribution < -0.4 is 0 Å². The summed E-state index contributed by atoms with van der Waals surface area (Å²) in [6.45, 7) is 9.00. The van der Waals surface area contributed by atoms with Gasteiger partial charge in [0.25, 0.3) is 0 Å². The molecule has 0 heterocycles. The van der Waals surface area contributed by atoms with Gasteiger partial charge in [0.05, 0.1) is 0 Å². The second kappa shape index (κ2) is 8.56. The van der Waals surface area contributed by atoms with Crippen molar-refractivity contribution in [1.29, 1.82) is 0 Å². The normalized spacial score (nSPS) is 14.9. The van der Waals surface area contributed by atoms with Crippen molar-refractivity contribution in [2.24, 2.45) is 5.92 Å². The Balaban J connectivity index is 3.37. The summed E-state index contributed by atoms with van der Waals surface area (Å²) in [5, 5.41) is 0. The first-order valence-corrected chi connectivity index (χ1v) is 6.80. The average Bonchev–Trinajstić information content (AvgIpc) is 2.02.